The Morgan fingerprint density at radius 2 is 2.00 bits per heavy atom. The number of carboxylic acids is 1. The van der Waals surface area contributed by atoms with Crippen LogP contribution >= 0.6 is 0 Å². The van der Waals surface area contributed by atoms with Crippen LogP contribution in [0.5, 0.6) is 5.75 Å². The summed E-state index contributed by atoms with van der Waals surface area (Å²) in [7, 11) is 2.75. The Hall–Kier alpha value is -2.08. The Bertz CT molecular complexity index is 485. The van der Waals surface area contributed by atoms with E-state index in [1.54, 1.807) is 25.1 Å². The van der Waals surface area contributed by atoms with Crippen molar-refractivity contribution in [2.45, 2.75) is 32.0 Å². The van der Waals surface area contributed by atoms with E-state index in [1.807, 2.05) is 6.07 Å². The van der Waals surface area contributed by atoms with Gasteiger partial charge in [-0.25, -0.2) is 4.79 Å². The van der Waals surface area contributed by atoms with Gasteiger partial charge in [-0.2, -0.15) is 0 Å². The fourth-order valence-electron chi connectivity index (χ4n) is 1.87. The zero-order valence-corrected chi connectivity index (χ0v) is 12.4. The molecule has 1 unspecified atom stereocenters. The van der Waals surface area contributed by atoms with Gasteiger partial charge in [-0.3, -0.25) is 4.79 Å². The zero-order valence-electron chi connectivity index (χ0n) is 12.4. The zero-order chi connectivity index (χ0) is 15.8. The van der Waals surface area contributed by atoms with Gasteiger partial charge in [-0.05, 0) is 24.6 Å². The van der Waals surface area contributed by atoms with Gasteiger partial charge in [0.25, 0.3) is 0 Å². The molecular formula is C15H20O6. The second-order valence-corrected chi connectivity index (χ2v) is 4.63. The van der Waals surface area contributed by atoms with Gasteiger partial charge in [0.05, 0.1) is 13.5 Å². The van der Waals surface area contributed by atoms with Crippen LogP contribution in [-0.2, 0) is 25.5 Å². The molecule has 0 saturated carbocycles. The van der Waals surface area contributed by atoms with Crippen molar-refractivity contribution in [3.8, 4) is 5.75 Å². The van der Waals surface area contributed by atoms with E-state index in [0.29, 0.717) is 12.2 Å². The van der Waals surface area contributed by atoms with E-state index in [-0.39, 0.29) is 6.42 Å². The van der Waals surface area contributed by atoms with Crippen LogP contribution in [0.4, 0.5) is 0 Å². The number of ether oxygens (including phenoxy) is 3. The summed E-state index contributed by atoms with van der Waals surface area (Å²) in [5.41, 5.74) is 0.840. The normalized spacial score (nSPS) is 13.3. The minimum absolute atomic E-state index is 0.0763. The molecule has 0 spiro atoms. The van der Waals surface area contributed by atoms with Gasteiger partial charge in [0.1, 0.15) is 11.9 Å². The molecule has 0 amide bonds. The highest BCUT2D eigenvalue weighted by Gasteiger charge is 2.19. The standard InChI is InChI=1S/C15H20O6/c1-10(7-14(16)17)21-12-6-4-5-11(8-12)9-13(19-2)15(18)20-3/h4-6,8,10,13H,7,9H2,1-3H3,(H,16,17)/t10?,13-/m0/s1. The molecule has 0 saturated heterocycles. The quantitative estimate of drug-likeness (QED) is 0.735. The van der Waals surface area contributed by atoms with Gasteiger partial charge in [0.2, 0.25) is 0 Å². The van der Waals surface area contributed by atoms with Crippen molar-refractivity contribution >= 4 is 11.9 Å². The Labute approximate surface area is 123 Å². The molecule has 21 heavy (non-hydrogen) atoms. The van der Waals surface area contributed by atoms with E-state index >= 15 is 0 Å². The largest absolute Gasteiger partial charge is 0.490 e. The Morgan fingerprint density at radius 3 is 2.57 bits per heavy atom. The monoisotopic (exact) mass is 296 g/mol. The summed E-state index contributed by atoms with van der Waals surface area (Å²) in [6, 6.07) is 7.11. The number of carbonyl (C=O) groups excluding carboxylic acids is 1. The van der Waals surface area contributed by atoms with Crippen LogP contribution in [0.25, 0.3) is 0 Å². The highest BCUT2D eigenvalue weighted by Crippen LogP contribution is 2.18. The molecule has 1 aromatic carbocycles. The van der Waals surface area contributed by atoms with Gasteiger partial charge in [-0.15, -0.1) is 0 Å². The second-order valence-electron chi connectivity index (χ2n) is 4.63. The van der Waals surface area contributed by atoms with Gasteiger partial charge in [-0.1, -0.05) is 12.1 Å². The van der Waals surface area contributed by atoms with Crippen LogP contribution in [0.15, 0.2) is 24.3 Å². The van der Waals surface area contributed by atoms with Crippen LogP contribution in [0.2, 0.25) is 0 Å². The van der Waals surface area contributed by atoms with E-state index in [0.717, 1.165) is 5.56 Å². The van der Waals surface area contributed by atoms with Crippen molar-refractivity contribution in [1.29, 1.82) is 0 Å². The molecule has 0 aliphatic rings. The summed E-state index contributed by atoms with van der Waals surface area (Å²) >= 11 is 0. The minimum atomic E-state index is -0.913. The number of esters is 1. The molecule has 116 valence electrons. The molecule has 0 fully saturated rings. The summed E-state index contributed by atoms with van der Waals surface area (Å²) in [6.45, 7) is 1.69. The fourth-order valence-corrected chi connectivity index (χ4v) is 1.87. The number of methoxy groups -OCH3 is 2. The van der Waals surface area contributed by atoms with E-state index in [4.69, 9.17) is 14.6 Å². The number of hydrogen-bond donors (Lipinski definition) is 1. The predicted octanol–water partition coefficient (Wildman–Crippen LogP) is 1.66. The third-order valence-corrected chi connectivity index (χ3v) is 2.87. The van der Waals surface area contributed by atoms with Gasteiger partial charge < -0.3 is 19.3 Å². The number of rotatable bonds is 8. The molecule has 1 aromatic rings. The predicted molar refractivity (Wildman–Crippen MR) is 75.3 cm³/mol. The Balaban J connectivity index is 2.71. The lowest BCUT2D eigenvalue weighted by Crippen LogP contribution is -2.26. The second kappa shape index (κ2) is 8.26. The highest BCUT2D eigenvalue weighted by atomic mass is 16.6. The first-order valence-electron chi connectivity index (χ1n) is 6.54. The number of benzene rings is 1. The molecule has 2 atom stereocenters. The van der Waals surface area contributed by atoms with Gasteiger partial charge >= 0.3 is 11.9 Å². The van der Waals surface area contributed by atoms with Gasteiger partial charge in [0, 0.05) is 13.5 Å². The molecule has 0 aliphatic carbocycles. The lowest BCUT2D eigenvalue weighted by molar-refractivity contribution is -0.152. The van der Waals surface area contributed by atoms with Crippen molar-refractivity contribution < 1.29 is 28.9 Å². The first kappa shape index (κ1) is 17.0. The molecule has 1 rings (SSSR count). The average molecular weight is 296 g/mol. The first-order valence-corrected chi connectivity index (χ1v) is 6.54. The van der Waals surface area contributed by atoms with Crippen LogP contribution < -0.4 is 4.74 Å². The molecule has 1 N–H and O–H groups in total. The summed E-state index contributed by atoms with van der Waals surface area (Å²) < 4.78 is 15.3. The Morgan fingerprint density at radius 1 is 1.29 bits per heavy atom. The van der Waals surface area contributed by atoms with Crippen LogP contribution in [-0.4, -0.2) is 43.5 Å². The third-order valence-electron chi connectivity index (χ3n) is 2.87. The molecule has 0 radical (unpaired) electrons. The topological polar surface area (TPSA) is 82.1 Å². The summed E-state index contributed by atoms with van der Waals surface area (Å²) in [5.74, 6) is -0.798. The van der Waals surface area contributed by atoms with E-state index < -0.39 is 24.1 Å². The lowest BCUT2D eigenvalue weighted by Gasteiger charge is -2.15. The third kappa shape index (κ3) is 5.83. The Kier molecular flexibility index (Phi) is 6.68. The van der Waals surface area contributed by atoms with Crippen molar-refractivity contribution in [3.63, 3.8) is 0 Å². The van der Waals surface area contributed by atoms with E-state index in [2.05, 4.69) is 4.74 Å². The summed E-state index contributed by atoms with van der Waals surface area (Å²) in [4.78, 5) is 22.1. The molecule has 0 aliphatic heterocycles. The van der Waals surface area contributed by atoms with Crippen molar-refractivity contribution in [2.24, 2.45) is 0 Å². The van der Waals surface area contributed by atoms with Gasteiger partial charge in [0.15, 0.2) is 6.10 Å². The summed E-state index contributed by atoms with van der Waals surface area (Å²) in [5, 5.41) is 8.71. The maximum absolute atomic E-state index is 11.5. The highest BCUT2D eigenvalue weighted by molar-refractivity contribution is 5.75. The molecule has 0 heterocycles. The smallest absolute Gasteiger partial charge is 0.335 e. The molecule has 6 heteroatoms. The maximum Gasteiger partial charge on any atom is 0.335 e. The van der Waals surface area contributed by atoms with Crippen LogP contribution in [0, 0.1) is 0 Å². The number of hydrogen-bond acceptors (Lipinski definition) is 5. The lowest BCUT2D eigenvalue weighted by atomic mass is 10.1. The molecule has 0 aromatic heterocycles. The van der Waals surface area contributed by atoms with Crippen LogP contribution in [0.1, 0.15) is 18.9 Å². The molecular weight excluding hydrogens is 276 g/mol. The SMILES string of the molecule is COC(=O)[C@H](Cc1cccc(OC(C)CC(=O)O)c1)OC. The molecule has 6 nitrogen and oxygen atoms in total. The van der Waals surface area contributed by atoms with Crippen molar-refractivity contribution in [1.82, 2.24) is 0 Å². The number of carbonyl (C=O) groups is 2. The number of carboxylic acid groups (broad SMARTS) is 1. The number of aliphatic carboxylic acids is 1. The van der Waals surface area contributed by atoms with Crippen LogP contribution in [0.3, 0.4) is 0 Å². The average Bonchev–Trinajstić information content (AvgIpc) is 2.43. The van der Waals surface area contributed by atoms with Crippen molar-refractivity contribution in [2.75, 3.05) is 14.2 Å². The van der Waals surface area contributed by atoms with E-state index in [9.17, 15) is 9.59 Å². The maximum atomic E-state index is 11.5. The molecule has 0 bridgehead atoms. The van der Waals surface area contributed by atoms with E-state index in [1.165, 1.54) is 14.2 Å². The minimum Gasteiger partial charge on any atom is -0.490 e. The first-order chi connectivity index (χ1) is 9.96. The fraction of sp³-hybridized carbons (Fsp3) is 0.467. The van der Waals surface area contributed by atoms with Crippen molar-refractivity contribution in [3.05, 3.63) is 29.8 Å². The summed E-state index contributed by atoms with van der Waals surface area (Å²) in [6.07, 6.45) is -0.834.